The van der Waals surface area contributed by atoms with Gasteiger partial charge >= 0.3 is 0 Å². The molecule has 2 amide bonds. The monoisotopic (exact) mass is 448 g/mol. The van der Waals surface area contributed by atoms with Crippen molar-refractivity contribution in [3.63, 3.8) is 0 Å². The number of carbonyl (C=O) groups is 2. The number of piperidine rings is 1. The summed E-state index contributed by atoms with van der Waals surface area (Å²) in [4.78, 5) is 30.1. The van der Waals surface area contributed by atoms with Gasteiger partial charge in [0.2, 0.25) is 11.8 Å². The Labute approximate surface area is 197 Å². The number of ether oxygens (including phenoxy) is 1. The lowest BCUT2D eigenvalue weighted by Gasteiger charge is -2.43. The summed E-state index contributed by atoms with van der Waals surface area (Å²) in [7, 11) is 3.64. The molecule has 2 aromatic rings. The molecule has 0 radical (unpaired) electrons. The maximum atomic E-state index is 13.4. The average Bonchev–Trinajstić information content (AvgIpc) is 3.37. The van der Waals surface area contributed by atoms with E-state index in [0.717, 1.165) is 50.8 Å². The molecule has 0 bridgehead atoms. The summed E-state index contributed by atoms with van der Waals surface area (Å²) in [6, 6.07) is 18.8. The summed E-state index contributed by atoms with van der Waals surface area (Å²) in [5.74, 6) is 0.270. The van der Waals surface area contributed by atoms with Gasteiger partial charge in [-0.2, -0.15) is 0 Å². The molecule has 2 heterocycles. The zero-order valence-corrected chi connectivity index (χ0v) is 20.0. The summed E-state index contributed by atoms with van der Waals surface area (Å²) in [6.07, 6.45) is 5.95. The zero-order valence-electron chi connectivity index (χ0n) is 20.0. The highest BCUT2D eigenvalue weighted by Gasteiger charge is 2.44. The van der Waals surface area contributed by atoms with Crippen LogP contribution >= 0.6 is 0 Å². The van der Waals surface area contributed by atoms with Gasteiger partial charge in [-0.05, 0) is 55.2 Å². The van der Waals surface area contributed by atoms with Crippen LogP contribution in [0, 0.1) is 5.41 Å². The summed E-state index contributed by atoms with van der Waals surface area (Å²) >= 11 is 0. The van der Waals surface area contributed by atoms with Crippen molar-refractivity contribution in [3.05, 3.63) is 60.2 Å². The van der Waals surface area contributed by atoms with Gasteiger partial charge in [-0.15, -0.1) is 0 Å². The highest BCUT2D eigenvalue weighted by molar-refractivity contribution is 5.85. The molecule has 0 spiro atoms. The number of likely N-dealkylation sites (tertiary alicyclic amines) is 1. The molecular weight excluding hydrogens is 412 g/mol. The van der Waals surface area contributed by atoms with E-state index in [0.29, 0.717) is 19.4 Å². The Morgan fingerprint density at radius 1 is 1.03 bits per heavy atom. The Hall–Kier alpha value is -2.66. The molecule has 2 aliphatic rings. The standard InChI is InChI=1S/C28H36N2O3/c1-29(2)27(32)28(20-22-11-13-24(14-12-22)23-8-4-3-5-9-23)17-7-18-30(21-28)26(31)16-15-25-10-6-19-33-25/h3-5,8-9,11-14,25H,6-7,10,15-21H2,1-2H3/t25-,28-/m0/s1. The van der Waals surface area contributed by atoms with E-state index in [9.17, 15) is 9.59 Å². The summed E-state index contributed by atoms with van der Waals surface area (Å²) in [5, 5.41) is 0. The molecule has 4 rings (SSSR count). The normalized spacial score (nSPS) is 22.8. The molecule has 33 heavy (non-hydrogen) atoms. The second-order valence-electron chi connectivity index (χ2n) is 9.81. The minimum atomic E-state index is -0.574. The van der Waals surface area contributed by atoms with E-state index >= 15 is 0 Å². The van der Waals surface area contributed by atoms with Crippen LogP contribution in [-0.4, -0.2) is 61.5 Å². The number of nitrogens with zero attached hydrogens (tertiary/aromatic N) is 2. The highest BCUT2D eigenvalue weighted by Crippen LogP contribution is 2.36. The van der Waals surface area contributed by atoms with Crippen LogP contribution in [0.15, 0.2) is 54.6 Å². The molecule has 0 aliphatic carbocycles. The second kappa shape index (κ2) is 10.5. The Bertz CT molecular complexity index is 935. The Balaban J connectivity index is 1.48. The third kappa shape index (κ3) is 5.64. The van der Waals surface area contributed by atoms with Crippen molar-refractivity contribution in [1.29, 1.82) is 0 Å². The van der Waals surface area contributed by atoms with Crippen LogP contribution in [0.5, 0.6) is 0 Å². The van der Waals surface area contributed by atoms with Gasteiger partial charge in [0.15, 0.2) is 0 Å². The van der Waals surface area contributed by atoms with Crippen LogP contribution in [-0.2, 0) is 20.7 Å². The van der Waals surface area contributed by atoms with E-state index in [1.807, 2.05) is 37.2 Å². The van der Waals surface area contributed by atoms with Crippen LogP contribution < -0.4 is 0 Å². The van der Waals surface area contributed by atoms with Crippen molar-refractivity contribution < 1.29 is 14.3 Å². The maximum Gasteiger partial charge on any atom is 0.230 e. The number of rotatable bonds is 7. The Morgan fingerprint density at radius 3 is 2.42 bits per heavy atom. The second-order valence-corrected chi connectivity index (χ2v) is 9.81. The SMILES string of the molecule is CN(C)C(=O)[C@]1(Cc2ccc(-c3ccccc3)cc2)CCCN(C(=O)CC[C@@H]2CCCO2)C1. The van der Waals surface area contributed by atoms with Crippen LogP contribution in [0.4, 0.5) is 0 Å². The van der Waals surface area contributed by atoms with Crippen molar-refractivity contribution in [1.82, 2.24) is 9.80 Å². The Morgan fingerprint density at radius 2 is 1.76 bits per heavy atom. The lowest BCUT2D eigenvalue weighted by Crippen LogP contribution is -2.54. The van der Waals surface area contributed by atoms with Crippen LogP contribution in [0.2, 0.25) is 0 Å². The highest BCUT2D eigenvalue weighted by atomic mass is 16.5. The first kappa shape index (κ1) is 23.5. The first-order chi connectivity index (χ1) is 16.0. The van der Waals surface area contributed by atoms with Crippen molar-refractivity contribution in [2.75, 3.05) is 33.8 Å². The van der Waals surface area contributed by atoms with Gasteiger partial charge in [0.05, 0.1) is 11.5 Å². The van der Waals surface area contributed by atoms with Gasteiger partial charge in [-0.3, -0.25) is 9.59 Å². The fourth-order valence-corrected chi connectivity index (χ4v) is 5.36. The van der Waals surface area contributed by atoms with E-state index in [2.05, 4.69) is 36.4 Å². The van der Waals surface area contributed by atoms with Gasteiger partial charge in [0.25, 0.3) is 0 Å². The summed E-state index contributed by atoms with van der Waals surface area (Å²) in [5.41, 5.74) is 2.92. The minimum Gasteiger partial charge on any atom is -0.378 e. The maximum absolute atomic E-state index is 13.4. The molecule has 2 aromatic carbocycles. The quantitative estimate of drug-likeness (QED) is 0.624. The number of carbonyl (C=O) groups excluding carboxylic acids is 2. The molecule has 2 aliphatic heterocycles. The summed E-state index contributed by atoms with van der Waals surface area (Å²) in [6.45, 7) is 2.04. The molecule has 5 nitrogen and oxygen atoms in total. The third-order valence-electron chi connectivity index (χ3n) is 7.10. The molecule has 0 unspecified atom stereocenters. The summed E-state index contributed by atoms with van der Waals surface area (Å²) < 4.78 is 5.69. The van der Waals surface area contributed by atoms with E-state index in [1.54, 1.807) is 4.90 Å². The van der Waals surface area contributed by atoms with Gasteiger partial charge < -0.3 is 14.5 Å². The largest absolute Gasteiger partial charge is 0.378 e. The first-order valence-corrected chi connectivity index (χ1v) is 12.2. The van der Waals surface area contributed by atoms with E-state index in [4.69, 9.17) is 4.74 Å². The van der Waals surface area contributed by atoms with E-state index in [1.165, 1.54) is 11.1 Å². The van der Waals surface area contributed by atoms with E-state index < -0.39 is 5.41 Å². The van der Waals surface area contributed by atoms with Crippen molar-refractivity contribution >= 4 is 11.8 Å². The predicted octanol–water partition coefficient (Wildman–Crippen LogP) is 4.55. The van der Waals surface area contributed by atoms with E-state index in [-0.39, 0.29) is 17.9 Å². The fourth-order valence-electron chi connectivity index (χ4n) is 5.36. The zero-order chi connectivity index (χ0) is 23.3. The number of hydrogen-bond donors (Lipinski definition) is 0. The van der Waals surface area contributed by atoms with Crippen molar-refractivity contribution in [2.24, 2.45) is 5.41 Å². The van der Waals surface area contributed by atoms with Gasteiger partial charge in [-0.25, -0.2) is 0 Å². The molecule has 0 N–H and O–H groups in total. The van der Waals surface area contributed by atoms with Crippen LogP contribution in [0.3, 0.4) is 0 Å². The topological polar surface area (TPSA) is 49.9 Å². The van der Waals surface area contributed by atoms with Crippen LogP contribution in [0.25, 0.3) is 11.1 Å². The number of hydrogen-bond acceptors (Lipinski definition) is 3. The molecule has 0 aromatic heterocycles. The third-order valence-corrected chi connectivity index (χ3v) is 7.10. The van der Waals surface area contributed by atoms with Crippen molar-refractivity contribution in [3.8, 4) is 11.1 Å². The predicted molar refractivity (Wildman–Crippen MR) is 131 cm³/mol. The molecule has 0 saturated carbocycles. The fraction of sp³-hybridized carbons (Fsp3) is 0.500. The minimum absolute atomic E-state index is 0.117. The average molecular weight is 449 g/mol. The van der Waals surface area contributed by atoms with Gasteiger partial charge in [-0.1, -0.05) is 54.6 Å². The lowest BCUT2D eigenvalue weighted by atomic mass is 9.73. The molecule has 2 atom stereocenters. The molecule has 2 saturated heterocycles. The van der Waals surface area contributed by atoms with Crippen LogP contribution in [0.1, 0.15) is 44.1 Å². The number of amides is 2. The van der Waals surface area contributed by atoms with Gasteiger partial charge in [0.1, 0.15) is 0 Å². The number of benzene rings is 2. The van der Waals surface area contributed by atoms with Crippen molar-refractivity contribution in [2.45, 2.75) is 51.0 Å². The molecular formula is C28H36N2O3. The smallest absolute Gasteiger partial charge is 0.230 e. The molecule has 2 fully saturated rings. The molecule has 5 heteroatoms. The first-order valence-electron chi connectivity index (χ1n) is 12.2. The Kier molecular flexibility index (Phi) is 7.49. The van der Waals surface area contributed by atoms with Gasteiger partial charge in [0, 0.05) is 40.2 Å². The lowest BCUT2D eigenvalue weighted by molar-refractivity contribution is -0.147. The molecule has 176 valence electrons.